The molecule has 4 nitrogen and oxygen atoms in total. The summed E-state index contributed by atoms with van der Waals surface area (Å²) < 4.78 is 5.81. The van der Waals surface area contributed by atoms with Crippen LogP contribution in [0, 0.1) is 11.8 Å². The smallest absolute Gasteiger partial charge is 0.223 e. The van der Waals surface area contributed by atoms with E-state index in [0.29, 0.717) is 5.92 Å². The van der Waals surface area contributed by atoms with Gasteiger partial charge in [-0.3, -0.25) is 9.69 Å². The van der Waals surface area contributed by atoms with E-state index in [0.717, 1.165) is 51.9 Å². The van der Waals surface area contributed by atoms with Gasteiger partial charge in [0.25, 0.3) is 0 Å². The second kappa shape index (κ2) is 8.81. The molecule has 1 aromatic carbocycles. The minimum atomic E-state index is 0.173. The topological polar surface area (TPSA) is 41.6 Å². The van der Waals surface area contributed by atoms with Crippen molar-refractivity contribution in [2.45, 2.75) is 58.2 Å². The van der Waals surface area contributed by atoms with Crippen LogP contribution < -0.4 is 5.32 Å². The molecule has 0 bridgehead atoms. The molecule has 1 aromatic rings. The number of likely N-dealkylation sites (tertiary alicyclic amines) is 1. The molecule has 0 radical (unpaired) electrons. The van der Waals surface area contributed by atoms with Gasteiger partial charge in [-0.05, 0) is 50.3 Å². The van der Waals surface area contributed by atoms with Crippen molar-refractivity contribution < 1.29 is 9.53 Å². The molecule has 2 aliphatic rings. The van der Waals surface area contributed by atoms with E-state index in [1.54, 1.807) is 0 Å². The Morgan fingerprint density at radius 2 is 1.92 bits per heavy atom. The van der Waals surface area contributed by atoms with Crippen LogP contribution in [0.5, 0.6) is 0 Å². The number of nitrogens with zero attached hydrogens (tertiary/aromatic N) is 1. The van der Waals surface area contributed by atoms with Gasteiger partial charge in [0.2, 0.25) is 5.91 Å². The summed E-state index contributed by atoms with van der Waals surface area (Å²) in [6.07, 6.45) is 4.12. The summed E-state index contributed by atoms with van der Waals surface area (Å²) in [5.74, 6) is 0.946. The third-order valence-corrected chi connectivity index (χ3v) is 5.61. The van der Waals surface area contributed by atoms with E-state index in [4.69, 9.17) is 4.74 Å². The van der Waals surface area contributed by atoms with Gasteiger partial charge < -0.3 is 10.1 Å². The number of benzene rings is 1. The number of carbonyl (C=O) groups is 1. The molecule has 138 valence electrons. The van der Waals surface area contributed by atoms with Crippen LogP contribution in [0.4, 0.5) is 0 Å². The summed E-state index contributed by atoms with van der Waals surface area (Å²) in [5, 5.41) is 3.30. The molecule has 25 heavy (non-hydrogen) atoms. The van der Waals surface area contributed by atoms with Gasteiger partial charge >= 0.3 is 0 Å². The van der Waals surface area contributed by atoms with Crippen molar-refractivity contribution in [2.24, 2.45) is 11.8 Å². The second-order valence-corrected chi connectivity index (χ2v) is 7.92. The van der Waals surface area contributed by atoms with Gasteiger partial charge in [0.15, 0.2) is 0 Å². The highest BCUT2D eigenvalue weighted by molar-refractivity contribution is 5.79. The van der Waals surface area contributed by atoms with Crippen molar-refractivity contribution in [2.75, 3.05) is 19.7 Å². The molecule has 2 unspecified atom stereocenters. The number of ether oxygens (including phenoxy) is 1. The van der Waals surface area contributed by atoms with Gasteiger partial charge in [-0.1, -0.05) is 44.2 Å². The van der Waals surface area contributed by atoms with Crippen molar-refractivity contribution >= 4 is 5.91 Å². The number of piperidine rings is 1. The van der Waals surface area contributed by atoms with Crippen molar-refractivity contribution in [3.63, 3.8) is 0 Å². The molecule has 4 heteroatoms. The molecular formula is C21H32N2O2. The van der Waals surface area contributed by atoms with E-state index in [2.05, 4.69) is 54.4 Å². The van der Waals surface area contributed by atoms with Crippen molar-refractivity contribution in [3.8, 4) is 0 Å². The van der Waals surface area contributed by atoms with E-state index in [1.165, 1.54) is 5.56 Å². The quantitative estimate of drug-likeness (QED) is 0.892. The number of nitrogens with one attached hydrogen (secondary N) is 1. The maximum Gasteiger partial charge on any atom is 0.223 e. The zero-order chi connectivity index (χ0) is 17.6. The van der Waals surface area contributed by atoms with E-state index < -0.39 is 0 Å². The fraction of sp³-hybridized carbons (Fsp3) is 0.667. The monoisotopic (exact) mass is 344 g/mol. The SMILES string of the molecule is CC(C)C1CC(NC(=O)C2CCN(Cc3ccccc3)CC2)CCO1. The van der Waals surface area contributed by atoms with Crippen molar-refractivity contribution in [1.82, 2.24) is 10.2 Å². The molecule has 0 aliphatic carbocycles. The lowest BCUT2D eigenvalue weighted by Crippen LogP contribution is -2.47. The van der Waals surface area contributed by atoms with Crippen molar-refractivity contribution in [3.05, 3.63) is 35.9 Å². The fourth-order valence-electron chi connectivity index (χ4n) is 3.94. The lowest BCUT2D eigenvalue weighted by atomic mass is 9.92. The number of rotatable bonds is 5. The second-order valence-electron chi connectivity index (χ2n) is 7.92. The maximum atomic E-state index is 12.6. The van der Waals surface area contributed by atoms with Crippen LogP contribution >= 0.6 is 0 Å². The molecule has 1 N–H and O–H groups in total. The Kier molecular flexibility index (Phi) is 6.49. The Morgan fingerprint density at radius 3 is 2.60 bits per heavy atom. The van der Waals surface area contributed by atoms with Gasteiger partial charge in [-0.2, -0.15) is 0 Å². The van der Waals surface area contributed by atoms with Crippen LogP contribution in [0.3, 0.4) is 0 Å². The molecule has 2 saturated heterocycles. The van der Waals surface area contributed by atoms with Gasteiger partial charge in [-0.25, -0.2) is 0 Å². The van der Waals surface area contributed by atoms with Crippen LogP contribution in [0.1, 0.15) is 45.1 Å². The highest BCUT2D eigenvalue weighted by Gasteiger charge is 2.30. The summed E-state index contributed by atoms with van der Waals surface area (Å²) in [6, 6.07) is 10.9. The third kappa shape index (κ3) is 5.29. The summed E-state index contributed by atoms with van der Waals surface area (Å²) in [5.41, 5.74) is 1.35. The molecule has 0 spiro atoms. The molecule has 2 aliphatic heterocycles. The summed E-state index contributed by atoms with van der Waals surface area (Å²) >= 11 is 0. The summed E-state index contributed by atoms with van der Waals surface area (Å²) in [6.45, 7) is 8.16. The Labute approximate surface area is 151 Å². The highest BCUT2D eigenvalue weighted by atomic mass is 16.5. The van der Waals surface area contributed by atoms with Crippen LogP contribution in [0.2, 0.25) is 0 Å². The first-order valence-corrected chi connectivity index (χ1v) is 9.80. The first-order chi connectivity index (χ1) is 12.1. The summed E-state index contributed by atoms with van der Waals surface area (Å²) in [4.78, 5) is 15.1. The third-order valence-electron chi connectivity index (χ3n) is 5.61. The average molecular weight is 344 g/mol. The predicted molar refractivity (Wildman–Crippen MR) is 100 cm³/mol. The van der Waals surface area contributed by atoms with Crippen LogP contribution in [-0.4, -0.2) is 42.6 Å². The standard InChI is InChI=1S/C21H32N2O2/c1-16(2)20-14-19(10-13-25-20)22-21(24)18-8-11-23(12-9-18)15-17-6-4-3-5-7-17/h3-7,16,18-20H,8-15H2,1-2H3,(H,22,24). The van der Waals surface area contributed by atoms with Gasteiger partial charge in [0.1, 0.15) is 0 Å². The predicted octanol–water partition coefficient (Wildman–Crippen LogP) is 3.22. The minimum Gasteiger partial charge on any atom is -0.378 e. The van der Waals surface area contributed by atoms with Crippen LogP contribution in [0.25, 0.3) is 0 Å². The Balaban J connectivity index is 1.42. The lowest BCUT2D eigenvalue weighted by Gasteiger charge is -2.35. The largest absolute Gasteiger partial charge is 0.378 e. The molecule has 2 atom stereocenters. The number of hydrogen-bond donors (Lipinski definition) is 1. The van der Waals surface area contributed by atoms with E-state index in [-0.39, 0.29) is 24.0 Å². The van der Waals surface area contributed by atoms with Gasteiger partial charge in [0.05, 0.1) is 6.10 Å². The van der Waals surface area contributed by atoms with Crippen LogP contribution in [-0.2, 0) is 16.1 Å². The normalized spacial score (nSPS) is 25.9. The van der Waals surface area contributed by atoms with E-state index in [9.17, 15) is 4.79 Å². The molecule has 3 rings (SSSR count). The molecule has 1 amide bonds. The Morgan fingerprint density at radius 1 is 1.20 bits per heavy atom. The molecular weight excluding hydrogens is 312 g/mol. The van der Waals surface area contributed by atoms with E-state index in [1.807, 2.05) is 0 Å². The molecule has 2 heterocycles. The summed E-state index contributed by atoms with van der Waals surface area (Å²) in [7, 11) is 0. The Bertz CT molecular complexity index is 538. The first kappa shape index (κ1) is 18.4. The minimum absolute atomic E-state index is 0.173. The zero-order valence-electron chi connectivity index (χ0n) is 15.6. The Hall–Kier alpha value is -1.39. The van der Waals surface area contributed by atoms with Gasteiger partial charge in [0, 0.05) is 25.1 Å². The molecule has 0 saturated carbocycles. The van der Waals surface area contributed by atoms with Crippen molar-refractivity contribution in [1.29, 1.82) is 0 Å². The first-order valence-electron chi connectivity index (χ1n) is 9.80. The van der Waals surface area contributed by atoms with E-state index >= 15 is 0 Å². The maximum absolute atomic E-state index is 12.6. The van der Waals surface area contributed by atoms with Crippen LogP contribution in [0.15, 0.2) is 30.3 Å². The number of amides is 1. The lowest BCUT2D eigenvalue weighted by molar-refractivity contribution is -0.128. The average Bonchev–Trinajstić information content (AvgIpc) is 2.63. The molecule has 2 fully saturated rings. The highest BCUT2D eigenvalue weighted by Crippen LogP contribution is 2.23. The fourth-order valence-corrected chi connectivity index (χ4v) is 3.94. The number of hydrogen-bond acceptors (Lipinski definition) is 3. The zero-order valence-corrected chi connectivity index (χ0v) is 15.6. The molecule has 0 aromatic heterocycles. The van der Waals surface area contributed by atoms with Gasteiger partial charge in [-0.15, -0.1) is 0 Å². The number of carbonyl (C=O) groups excluding carboxylic acids is 1.